The summed E-state index contributed by atoms with van der Waals surface area (Å²) in [4.78, 5) is 24.0. The molecule has 0 saturated carbocycles. The maximum Gasteiger partial charge on any atom is 0.508 e. The minimum atomic E-state index is -1.43. The standard InChI is InChI=1S/C32H35NO8/c34-29(35)13-8-20-33-23-30(41-32(36)37)40-31-25(9-7-12-28(31)33)17-14-24-15-18-27(19-16-24)39-22-6-2-5-21-38-26-10-3-1-4-11-26/h1,3-4,7,9-12,14-19,30H,2,5-6,8,13,20-23H2,(H,34,35)(H,36,37)/b17-14+. The molecule has 1 unspecified atom stereocenters. The van der Waals surface area contributed by atoms with Crippen LogP contribution in [0.5, 0.6) is 17.2 Å². The molecule has 9 nitrogen and oxygen atoms in total. The molecule has 1 heterocycles. The van der Waals surface area contributed by atoms with E-state index < -0.39 is 18.4 Å². The van der Waals surface area contributed by atoms with Gasteiger partial charge in [0, 0.05) is 18.5 Å². The van der Waals surface area contributed by atoms with Crippen molar-refractivity contribution in [1.82, 2.24) is 0 Å². The summed E-state index contributed by atoms with van der Waals surface area (Å²) in [6.45, 7) is 1.93. The lowest BCUT2D eigenvalue weighted by Crippen LogP contribution is -2.43. The molecule has 0 aliphatic carbocycles. The van der Waals surface area contributed by atoms with Crippen LogP contribution in [0.4, 0.5) is 10.5 Å². The fraction of sp³-hybridized carbons (Fsp3) is 0.312. The number of hydrogen-bond acceptors (Lipinski definition) is 7. The van der Waals surface area contributed by atoms with E-state index in [0.29, 0.717) is 31.9 Å². The lowest BCUT2D eigenvalue weighted by molar-refractivity contribution is -0.137. The molecule has 1 atom stereocenters. The average molecular weight is 562 g/mol. The van der Waals surface area contributed by atoms with E-state index in [-0.39, 0.29) is 13.0 Å². The highest BCUT2D eigenvalue weighted by atomic mass is 16.8. The third kappa shape index (κ3) is 9.49. The van der Waals surface area contributed by atoms with Crippen molar-refractivity contribution >= 4 is 30.0 Å². The van der Waals surface area contributed by atoms with E-state index in [9.17, 15) is 9.59 Å². The van der Waals surface area contributed by atoms with Gasteiger partial charge in [-0.15, -0.1) is 0 Å². The minimum absolute atomic E-state index is 0.0141. The second-order valence-corrected chi connectivity index (χ2v) is 9.54. The van der Waals surface area contributed by atoms with Crippen LogP contribution in [0.15, 0.2) is 72.8 Å². The Hall–Kier alpha value is -4.66. The Morgan fingerprint density at radius 1 is 0.829 bits per heavy atom. The summed E-state index contributed by atoms with van der Waals surface area (Å²) in [6.07, 6.45) is 4.73. The minimum Gasteiger partial charge on any atom is -0.494 e. The second-order valence-electron chi connectivity index (χ2n) is 9.54. The first-order valence-corrected chi connectivity index (χ1v) is 13.7. The van der Waals surface area contributed by atoms with E-state index in [0.717, 1.165) is 47.6 Å². The molecular formula is C32H35NO8. The van der Waals surface area contributed by atoms with E-state index in [1.807, 2.05) is 89.8 Å². The number of para-hydroxylation sites is 2. The van der Waals surface area contributed by atoms with Crippen molar-refractivity contribution in [3.05, 3.63) is 83.9 Å². The topological polar surface area (TPSA) is 115 Å². The van der Waals surface area contributed by atoms with Gasteiger partial charge in [-0.05, 0) is 61.6 Å². The van der Waals surface area contributed by atoms with Crippen LogP contribution < -0.4 is 19.1 Å². The Labute approximate surface area is 239 Å². The summed E-state index contributed by atoms with van der Waals surface area (Å²) < 4.78 is 22.4. The largest absolute Gasteiger partial charge is 0.508 e. The third-order valence-electron chi connectivity index (χ3n) is 6.44. The molecule has 216 valence electrons. The zero-order valence-corrected chi connectivity index (χ0v) is 22.8. The number of unbranched alkanes of at least 4 members (excludes halogenated alkanes) is 2. The predicted octanol–water partition coefficient (Wildman–Crippen LogP) is 6.57. The monoisotopic (exact) mass is 561 g/mol. The molecule has 0 radical (unpaired) electrons. The van der Waals surface area contributed by atoms with Crippen molar-refractivity contribution < 1.29 is 38.7 Å². The molecule has 0 aromatic heterocycles. The van der Waals surface area contributed by atoms with Gasteiger partial charge in [0.05, 0.1) is 25.4 Å². The number of carboxylic acid groups (broad SMARTS) is 2. The zero-order chi connectivity index (χ0) is 28.9. The summed E-state index contributed by atoms with van der Waals surface area (Å²) in [5, 5.41) is 18.1. The molecule has 3 aromatic rings. The molecule has 0 bridgehead atoms. The quantitative estimate of drug-likeness (QED) is 0.121. The summed E-state index contributed by atoms with van der Waals surface area (Å²) in [6, 6.07) is 23.2. The van der Waals surface area contributed by atoms with Crippen LogP contribution in [0.25, 0.3) is 12.2 Å². The van der Waals surface area contributed by atoms with E-state index in [1.165, 1.54) is 0 Å². The van der Waals surface area contributed by atoms with Crippen LogP contribution in [0.2, 0.25) is 0 Å². The van der Waals surface area contributed by atoms with Gasteiger partial charge in [-0.2, -0.15) is 0 Å². The van der Waals surface area contributed by atoms with Crippen molar-refractivity contribution in [2.45, 2.75) is 38.4 Å². The van der Waals surface area contributed by atoms with Crippen molar-refractivity contribution in [3.8, 4) is 17.2 Å². The van der Waals surface area contributed by atoms with Gasteiger partial charge in [0.15, 0.2) is 5.75 Å². The normalized spacial score (nSPS) is 14.2. The van der Waals surface area contributed by atoms with Crippen LogP contribution >= 0.6 is 0 Å². The number of fused-ring (bicyclic) bond motifs is 1. The number of hydrogen-bond donors (Lipinski definition) is 2. The lowest BCUT2D eigenvalue weighted by atomic mass is 10.1. The Morgan fingerprint density at radius 2 is 1.54 bits per heavy atom. The first-order chi connectivity index (χ1) is 20.0. The molecule has 41 heavy (non-hydrogen) atoms. The van der Waals surface area contributed by atoms with Crippen LogP contribution in [0.3, 0.4) is 0 Å². The molecule has 1 aliphatic heterocycles. The maximum atomic E-state index is 11.2. The van der Waals surface area contributed by atoms with Gasteiger partial charge in [0.1, 0.15) is 11.5 Å². The average Bonchev–Trinajstić information content (AvgIpc) is 2.96. The molecule has 0 spiro atoms. The van der Waals surface area contributed by atoms with Crippen LogP contribution in [-0.4, -0.2) is 54.9 Å². The Morgan fingerprint density at radius 3 is 2.22 bits per heavy atom. The molecule has 9 heteroatoms. The van der Waals surface area contributed by atoms with Gasteiger partial charge in [-0.1, -0.05) is 54.6 Å². The molecule has 2 N–H and O–H groups in total. The fourth-order valence-electron chi connectivity index (χ4n) is 4.44. The number of nitrogens with zero attached hydrogens (tertiary/aromatic N) is 1. The van der Waals surface area contributed by atoms with Crippen molar-refractivity contribution in [2.75, 3.05) is 31.2 Å². The SMILES string of the molecule is O=C(O)CCCN1CC(OC(=O)O)Oc2c(/C=C/c3ccc(OCCCCCOc4ccccc4)cc3)cccc21. The smallest absolute Gasteiger partial charge is 0.494 e. The highest BCUT2D eigenvalue weighted by Gasteiger charge is 2.29. The summed E-state index contributed by atoms with van der Waals surface area (Å²) in [5.41, 5.74) is 2.47. The number of anilines is 1. The van der Waals surface area contributed by atoms with Crippen LogP contribution in [-0.2, 0) is 9.53 Å². The van der Waals surface area contributed by atoms with Gasteiger partial charge >= 0.3 is 12.1 Å². The molecule has 0 amide bonds. The predicted molar refractivity (Wildman–Crippen MR) is 156 cm³/mol. The number of benzene rings is 3. The first-order valence-electron chi connectivity index (χ1n) is 13.7. The lowest BCUT2D eigenvalue weighted by Gasteiger charge is -2.35. The summed E-state index contributed by atoms with van der Waals surface area (Å²) in [5.74, 6) is 1.30. The molecule has 4 rings (SSSR count). The highest BCUT2D eigenvalue weighted by Crippen LogP contribution is 2.38. The van der Waals surface area contributed by atoms with Gasteiger partial charge in [0.25, 0.3) is 6.29 Å². The summed E-state index contributed by atoms with van der Waals surface area (Å²) in [7, 11) is 0. The Balaban J connectivity index is 1.29. The number of ether oxygens (including phenoxy) is 4. The van der Waals surface area contributed by atoms with Gasteiger partial charge < -0.3 is 34.1 Å². The number of aliphatic carboxylic acids is 1. The third-order valence-corrected chi connectivity index (χ3v) is 6.44. The van der Waals surface area contributed by atoms with E-state index in [4.69, 9.17) is 29.2 Å². The van der Waals surface area contributed by atoms with Crippen LogP contribution in [0.1, 0.15) is 43.2 Å². The zero-order valence-electron chi connectivity index (χ0n) is 22.8. The van der Waals surface area contributed by atoms with Gasteiger partial charge in [0.2, 0.25) is 0 Å². The van der Waals surface area contributed by atoms with E-state index in [1.54, 1.807) is 0 Å². The Kier molecular flexibility index (Phi) is 10.9. The molecule has 0 saturated heterocycles. The molecule has 1 aliphatic rings. The van der Waals surface area contributed by atoms with Crippen LogP contribution in [0, 0.1) is 0 Å². The highest BCUT2D eigenvalue weighted by molar-refractivity contribution is 5.78. The maximum absolute atomic E-state index is 11.2. The molecule has 0 fully saturated rings. The van der Waals surface area contributed by atoms with E-state index >= 15 is 0 Å². The first kappa shape index (κ1) is 29.3. The number of rotatable bonds is 15. The van der Waals surface area contributed by atoms with Gasteiger partial charge in [-0.3, -0.25) is 4.79 Å². The van der Waals surface area contributed by atoms with Gasteiger partial charge in [-0.25, -0.2) is 4.79 Å². The van der Waals surface area contributed by atoms with Crippen molar-refractivity contribution in [1.29, 1.82) is 0 Å². The fourth-order valence-corrected chi connectivity index (χ4v) is 4.44. The van der Waals surface area contributed by atoms with Crippen molar-refractivity contribution in [3.63, 3.8) is 0 Å². The Bertz CT molecular complexity index is 1290. The molecular weight excluding hydrogens is 526 g/mol. The number of carboxylic acids is 1. The summed E-state index contributed by atoms with van der Waals surface area (Å²) >= 11 is 0. The number of carbonyl (C=O) groups is 2. The van der Waals surface area contributed by atoms with E-state index in [2.05, 4.69) is 0 Å². The molecule has 3 aromatic carbocycles. The second kappa shape index (κ2) is 15.2. The van der Waals surface area contributed by atoms with Crippen molar-refractivity contribution in [2.24, 2.45) is 0 Å².